The summed E-state index contributed by atoms with van der Waals surface area (Å²) >= 11 is 1.39. The molecule has 2 aromatic rings. The van der Waals surface area contributed by atoms with Crippen molar-refractivity contribution in [2.24, 2.45) is 0 Å². The average molecular weight is 290 g/mol. The number of rotatable bonds is 5. The Morgan fingerprint density at radius 1 is 1.30 bits per heavy atom. The smallest absolute Gasteiger partial charge is 0.350 e. The molecule has 0 unspecified atom stereocenters. The van der Waals surface area contributed by atoms with Gasteiger partial charge in [-0.1, -0.05) is 30.3 Å². The van der Waals surface area contributed by atoms with Crippen molar-refractivity contribution in [1.29, 1.82) is 0 Å². The van der Waals surface area contributed by atoms with Crippen LogP contribution < -0.4 is 0 Å². The first-order valence-corrected chi connectivity index (χ1v) is 7.30. The summed E-state index contributed by atoms with van der Waals surface area (Å²) in [6.07, 6.45) is 0. The van der Waals surface area contributed by atoms with Gasteiger partial charge in [0.1, 0.15) is 9.88 Å². The Bertz CT molecular complexity index is 579. The number of nitrogens with zero attached hydrogens (tertiary/aromatic N) is 2. The number of ether oxygens (including phenoxy) is 1. The van der Waals surface area contributed by atoms with E-state index in [1.54, 1.807) is 0 Å². The second-order valence-corrected chi connectivity index (χ2v) is 5.62. The maximum absolute atomic E-state index is 12.0. The van der Waals surface area contributed by atoms with E-state index in [4.69, 9.17) is 4.74 Å². The van der Waals surface area contributed by atoms with E-state index in [1.165, 1.54) is 11.3 Å². The lowest BCUT2D eigenvalue weighted by atomic mass is 10.2. The summed E-state index contributed by atoms with van der Waals surface area (Å²) in [5, 5.41) is 0.852. The second-order valence-electron chi connectivity index (χ2n) is 4.62. The summed E-state index contributed by atoms with van der Waals surface area (Å²) in [6.45, 7) is 2.80. The summed E-state index contributed by atoms with van der Waals surface area (Å²) in [7, 11) is 3.91. The van der Waals surface area contributed by atoms with Gasteiger partial charge in [-0.2, -0.15) is 0 Å². The van der Waals surface area contributed by atoms with Gasteiger partial charge in [0.15, 0.2) is 0 Å². The highest BCUT2D eigenvalue weighted by Crippen LogP contribution is 2.29. The van der Waals surface area contributed by atoms with Crippen molar-refractivity contribution in [1.82, 2.24) is 9.88 Å². The Balaban J connectivity index is 2.39. The van der Waals surface area contributed by atoms with Crippen molar-refractivity contribution in [2.45, 2.75) is 13.5 Å². The fourth-order valence-electron chi connectivity index (χ4n) is 1.82. The third-order valence-corrected chi connectivity index (χ3v) is 3.77. The molecule has 20 heavy (non-hydrogen) atoms. The van der Waals surface area contributed by atoms with Crippen LogP contribution in [0.1, 0.15) is 22.3 Å². The summed E-state index contributed by atoms with van der Waals surface area (Å²) in [5.41, 5.74) is 1.80. The predicted octanol–water partition coefficient (Wildman–Crippen LogP) is 3.05. The van der Waals surface area contributed by atoms with Crippen LogP contribution in [0.25, 0.3) is 10.6 Å². The molecule has 1 aromatic carbocycles. The maximum atomic E-state index is 12.0. The van der Waals surface area contributed by atoms with Gasteiger partial charge >= 0.3 is 5.97 Å². The minimum atomic E-state index is -0.288. The molecule has 1 aromatic heterocycles. The zero-order chi connectivity index (χ0) is 14.5. The minimum Gasteiger partial charge on any atom is -0.462 e. The molecule has 4 nitrogen and oxygen atoms in total. The van der Waals surface area contributed by atoms with Crippen molar-refractivity contribution < 1.29 is 9.53 Å². The highest BCUT2D eigenvalue weighted by atomic mass is 32.1. The molecular formula is C15H18N2O2S. The van der Waals surface area contributed by atoms with Gasteiger partial charge in [-0.15, -0.1) is 11.3 Å². The molecule has 0 saturated carbocycles. The van der Waals surface area contributed by atoms with Crippen LogP contribution in [0.2, 0.25) is 0 Å². The van der Waals surface area contributed by atoms with E-state index < -0.39 is 0 Å². The molecular weight excluding hydrogens is 272 g/mol. The molecule has 2 rings (SSSR count). The van der Waals surface area contributed by atoms with E-state index in [0.29, 0.717) is 18.0 Å². The van der Waals surface area contributed by atoms with Gasteiger partial charge in [0.05, 0.1) is 12.3 Å². The lowest BCUT2D eigenvalue weighted by Gasteiger charge is -2.08. The van der Waals surface area contributed by atoms with Crippen LogP contribution in [0.5, 0.6) is 0 Å². The van der Waals surface area contributed by atoms with Gasteiger partial charge in [0.25, 0.3) is 0 Å². The van der Waals surface area contributed by atoms with E-state index in [9.17, 15) is 4.79 Å². The van der Waals surface area contributed by atoms with Gasteiger partial charge in [0, 0.05) is 12.1 Å². The van der Waals surface area contributed by atoms with E-state index in [1.807, 2.05) is 56.3 Å². The standard InChI is InChI=1S/C15H18N2O2S/c1-4-19-15(18)13-12(10-17(2)3)16-14(20-13)11-8-6-5-7-9-11/h5-9H,4,10H2,1-3H3. The highest BCUT2D eigenvalue weighted by Gasteiger charge is 2.20. The number of carbonyl (C=O) groups excluding carboxylic acids is 1. The number of benzene rings is 1. The van der Waals surface area contributed by atoms with Gasteiger partial charge in [-0.25, -0.2) is 9.78 Å². The van der Waals surface area contributed by atoms with E-state index in [-0.39, 0.29) is 5.97 Å². The third kappa shape index (κ3) is 3.43. The Kier molecular flexibility index (Phi) is 4.87. The molecule has 0 N–H and O–H groups in total. The van der Waals surface area contributed by atoms with Crippen molar-refractivity contribution >= 4 is 17.3 Å². The lowest BCUT2D eigenvalue weighted by molar-refractivity contribution is 0.0530. The van der Waals surface area contributed by atoms with Gasteiger partial charge in [-0.05, 0) is 21.0 Å². The molecule has 1 heterocycles. The summed E-state index contributed by atoms with van der Waals surface area (Å²) < 4.78 is 5.11. The molecule has 0 radical (unpaired) electrons. The highest BCUT2D eigenvalue weighted by molar-refractivity contribution is 7.17. The average Bonchev–Trinajstić information content (AvgIpc) is 2.83. The summed E-state index contributed by atoms with van der Waals surface area (Å²) in [5.74, 6) is -0.288. The van der Waals surface area contributed by atoms with Crippen LogP contribution in [0, 0.1) is 0 Å². The molecule has 5 heteroatoms. The van der Waals surface area contributed by atoms with Crippen LogP contribution in [0.4, 0.5) is 0 Å². The molecule has 0 amide bonds. The largest absolute Gasteiger partial charge is 0.462 e. The lowest BCUT2D eigenvalue weighted by Crippen LogP contribution is -2.14. The van der Waals surface area contributed by atoms with Crippen molar-refractivity contribution in [3.63, 3.8) is 0 Å². The minimum absolute atomic E-state index is 0.288. The van der Waals surface area contributed by atoms with Crippen LogP contribution in [-0.2, 0) is 11.3 Å². The Hall–Kier alpha value is -1.72. The van der Waals surface area contributed by atoms with Crippen molar-refractivity contribution in [3.8, 4) is 10.6 Å². The monoisotopic (exact) mass is 290 g/mol. The second kappa shape index (κ2) is 6.63. The van der Waals surface area contributed by atoms with Gasteiger partial charge < -0.3 is 9.64 Å². The fraction of sp³-hybridized carbons (Fsp3) is 0.333. The summed E-state index contributed by atoms with van der Waals surface area (Å²) in [6, 6.07) is 9.88. The van der Waals surface area contributed by atoms with Crippen LogP contribution in [0.3, 0.4) is 0 Å². The number of aromatic nitrogens is 1. The number of hydrogen-bond donors (Lipinski definition) is 0. The zero-order valence-corrected chi connectivity index (χ0v) is 12.7. The third-order valence-electron chi connectivity index (χ3n) is 2.64. The SMILES string of the molecule is CCOC(=O)c1sc(-c2ccccc2)nc1CN(C)C. The van der Waals surface area contributed by atoms with E-state index >= 15 is 0 Å². The Labute approximate surface area is 123 Å². The summed E-state index contributed by atoms with van der Waals surface area (Å²) in [4.78, 5) is 19.2. The van der Waals surface area contributed by atoms with Crippen LogP contribution >= 0.6 is 11.3 Å². The first kappa shape index (κ1) is 14.7. The Morgan fingerprint density at radius 2 is 2.00 bits per heavy atom. The van der Waals surface area contributed by atoms with Crippen molar-refractivity contribution in [2.75, 3.05) is 20.7 Å². The van der Waals surface area contributed by atoms with Gasteiger partial charge in [0.2, 0.25) is 0 Å². The molecule has 0 spiro atoms. The maximum Gasteiger partial charge on any atom is 0.350 e. The first-order valence-electron chi connectivity index (χ1n) is 6.48. The number of carbonyl (C=O) groups is 1. The van der Waals surface area contributed by atoms with Crippen LogP contribution in [0.15, 0.2) is 30.3 Å². The quantitative estimate of drug-likeness (QED) is 0.794. The molecule has 0 saturated heterocycles. The number of esters is 1. The number of hydrogen-bond acceptors (Lipinski definition) is 5. The fourth-order valence-corrected chi connectivity index (χ4v) is 2.79. The van der Waals surface area contributed by atoms with Crippen LogP contribution in [-0.4, -0.2) is 36.6 Å². The normalized spacial score (nSPS) is 10.8. The van der Waals surface area contributed by atoms with Gasteiger partial charge in [-0.3, -0.25) is 0 Å². The zero-order valence-electron chi connectivity index (χ0n) is 11.9. The topological polar surface area (TPSA) is 42.4 Å². The molecule has 0 aliphatic rings. The Morgan fingerprint density at radius 3 is 2.60 bits per heavy atom. The first-order chi connectivity index (χ1) is 9.61. The molecule has 0 fully saturated rings. The van der Waals surface area contributed by atoms with E-state index in [0.717, 1.165) is 16.3 Å². The van der Waals surface area contributed by atoms with E-state index in [2.05, 4.69) is 4.98 Å². The molecule has 0 atom stereocenters. The number of thiazole rings is 1. The molecule has 106 valence electrons. The molecule has 0 aliphatic heterocycles. The predicted molar refractivity (Wildman–Crippen MR) is 80.9 cm³/mol. The molecule has 0 aliphatic carbocycles. The molecule has 0 bridgehead atoms. The van der Waals surface area contributed by atoms with Crippen molar-refractivity contribution in [3.05, 3.63) is 40.9 Å².